The first-order valence-corrected chi connectivity index (χ1v) is 10.2. The van der Waals surface area contributed by atoms with Gasteiger partial charge >= 0.3 is 5.97 Å². The number of carbonyl (C=O) groups is 2. The fourth-order valence-corrected chi connectivity index (χ4v) is 3.33. The van der Waals surface area contributed by atoms with Gasteiger partial charge in [-0.25, -0.2) is 22.4 Å². The van der Waals surface area contributed by atoms with Crippen LogP contribution in [0.1, 0.15) is 28.4 Å². The minimum Gasteiger partial charge on any atom is -0.473 e. The van der Waals surface area contributed by atoms with E-state index in [1.807, 2.05) is 0 Å². The highest BCUT2D eigenvalue weighted by Crippen LogP contribution is 2.39. The van der Waals surface area contributed by atoms with Gasteiger partial charge in [0.2, 0.25) is 34.9 Å². The lowest BCUT2D eigenvalue weighted by molar-refractivity contribution is -0.141. The van der Waals surface area contributed by atoms with E-state index in [0.29, 0.717) is 5.56 Å². The molecule has 1 aliphatic heterocycles. The van der Waals surface area contributed by atoms with E-state index in [4.69, 9.17) is 9.47 Å². The van der Waals surface area contributed by atoms with Crippen molar-refractivity contribution in [3.8, 4) is 17.2 Å². The van der Waals surface area contributed by atoms with Gasteiger partial charge in [-0.1, -0.05) is 12.1 Å². The number of esters is 1. The van der Waals surface area contributed by atoms with E-state index >= 15 is 0 Å². The van der Waals surface area contributed by atoms with Crippen molar-refractivity contribution >= 4 is 17.8 Å². The normalized spacial score (nSPS) is 14.4. The van der Waals surface area contributed by atoms with E-state index in [1.54, 1.807) is 6.07 Å². The third kappa shape index (κ3) is 4.39. The minimum atomic E-state index is -2.37. The van der Waals surface area contributed by atoms with Crippen LogP contribution in [-0.4, -0.2) is 17.9 Å². The molecule has 186 valence electrons. The largest absolute Gasteiger partial charge is 0.473 e. The second kappa shape index (κ2) is 9.40. The molecule has 0 radical (unpaired) electrons. The number of hydrogen-bond donors (Lipinski definition) is 0. The molecule has 0 N–H and O–H groups in total. The Bertz CT molecular complexity index is 1420. The van der Waals surface area contributed by atoms with Crippen molar-refractivity contribution in [2.24, 2.45) is 0 Å². The van der Waals surface area contributed by atoms with Crippen LogP contribution in [0.4, 0.5) is 26.3 Å². The molecule has 0 aromatic heterocycles. The quantitative estimate of drug-likeness (QED) is 0.109. The van der Waals surface area contributed by atoms with E-state index in [2.05, 4.69) is 4.74 Å². The van der Waals surface area contributed by atoms with Crippen molar-refractivity contribution in [3.63, 3.8) is 0 Å². The Morgan fingerprint density at radius 3 is 2.22 bits per heavy atom. The molecule has 1 aliphatic rings. The van der Waals surface area contributed by atoms with Crippen LogP contribution in [0.15, 0.2) is 42.2 Å². The highest BCUT2D eigenvalue weighted by Gasteiger charge is 2.32. The first-order chi connectivity index (χ1) is 17.0. The SMILES string of the molecule is Cc1c(OC(=O)C(C)Oc2c(F)c(F)c(F)c(F)c2F)ccc2c1O/C(=C\c1cccc(F)c1)C2=O. The molecule has 1 atom stereocenters. The van der Waals surface area contributed by atoms with Crippen LogP contribution in [-0.2, 0) is 4.79 Å². The lowest BCUT2D eigenvalue weighted by Gasteiger charge is -2.16. The molecular weight excluding hydrogens is 494 g/mol. The smallest absolute Gasteiger partial charge is 0.352 e. The zero-order chi connectivity index (χ0) is 26.3. The summed E-state index contributed by atoms with van der Waals surface area (Å²) in [5.41, 5.74) is 0.704. The third-order valence-corrected chi connectivity index (χ3v) is 5.19. The predicted octanol–water partition coefficient (Wildman–Crippen LogP) is 5.82. The number of allylic oxidation sites excluding steroid dienone is 1. The Labute approximate surface area is 199 Å². The fourth-order valence-electron chi connectivity index (χ4n) is 3.33. The molecule has 4 rings (SSSR count). The lowest BCUT2D eigenvalue weighted by atomic mass is 10.1. The molecule has 0 amide bonds. The van der Waals surface area contributed by atoms with E-state index in [0.717, 1.165) is 6.92 Å². The van der Waals surface area contributed by atoms with Gasteiger partial charge in [0.25, 0.3) is 0 Å². The van der Waals surface area contributed by atoms with Gasteiger partial charge < -0.3 is 14.2 Å². The molecule has 5 nitrogen and oxygen atoms in total. The molecule has 0 saturated heterocycles. The molecule has 0 aliphatic carbocycles. The fraction of sp³-hybridized carbons (Fsp3) is 0.120. The molecule has 0 saturated carbocycles. The molecule has 11 heteroatoms. The van der Waals surface area contributed by atoms with Gasteiger partial charge in [-0.05, 0) is 49.8 Å². The average molecular weight is 508 g/mol. The van der Waals surface area contributed by atoms with Gasteiger partial charge in [-0.3, -0.25) is 4.79 Å². The van der Waals surface area contributed by atoms with Crippen LogP contribution in [0.2, 0.25) is 0 Å². The number of halogens is 6. The van der Waals surface area contributed by atoms with Gasteiger partial charge in [0.15, 0.2) is 17.6 Å². The van der Waals surface area contributed by atoms with Crippen LogP contribution < -0.4 is 14.2 Å². The number of benzene rings is 3. The molecule has 36 heavy (non-hydrogen) atoms. The van der Waals surface area contributed by atoms with E-state index < -0.39 is 58.5 Å². The lowest BCUT2D eigenvalue weighted by Crippen LogP contribution is -2.29. The summed E-state index contributed by atoms with van der Waals surface area (Å²) in [6, 6.07) is 7.99. The summed E-state index contributed by atoms with van der Waals surface area (Å²) in [6.07, 6.45) is -0.465. The minimum absolute atomic E-state index is 0.0568. The molecule has 1 heterocycles. The summed E-state index contributed by atoms with van der Waals surface area (Å²) in [7, 11) is 0. The molecular formula is C25H14F6O5. The van der Waals surface area contributed by atoms with Crippen LogP contribution in [0.3, 0.4) is 0 Å². The summed E-state index contributed by atoms with van der Waals surface area (Å²) in [5.74, 6) is -15.4. The van der Waals surface area contributed by atoms with Gasteiger partial charge in [-0.15, -0.1) is 0 Å². The van der Waals surface area contributed by atoms with Gasteiger partial charge in [0.1, 0.15) is 17.3 Å². The highest BCUT2D eigenvalue weighted by molar-refractivity contribution is 6.15. The first kappa shape index (κ1) is 24.8. The average Bonchev–Trinajstić information content (AvgIpc) is 3.16. The maximum atomic E-state index is 13.8. The molecule has 0 fully saturated rings. The van der Waals surface area contributed by atoms with Crippen LogP contribution in [0.5, 0.6) is 17.2 Å². The third-order valence-electron chi connectivity index (χ3n) is 5.19. The standard InChI is InChI=1S/C25H14F6O5/c1-10-15(36-25(33)11(2)34-24-20(30)18(28)17(27)19(29)21(24)31)7-6-14-22(32)16(35-23(10)14)9-12-4-3-5-13(26)8-12/h3-9,11H,1-2H3/b16-9-. The second-order valence-electron chi connectivity index (χ2n) is 7.64. The molecule has 0 spiro atoms. The number of fused-ring (bicyclic) bond motifs is 1. The summed E-state index contributed by atoms with van der Waals surface area (Å²) in [6.45, 7) is 2.43. The van der Waals surface area contributed by atoms with E-state index in [1.165, 1.54) is 43.3 Å². The van der Waals surface area contributed by atoms with Crippen molar-refractivity contribution in [2.45, 2.75) is 20.0 Å². The number of ketones is 1. The predicted molar refractivity (Wildman–Crippen MR) is 112 cm³/mol. The van der Waals surface area contributed by atoms with Gasteiger partial charge in [0.05, 0.1) is 5.56 Å². The van der Waals surface area contributed by atoms with Gasteiger partial charge in [-0.2, -0.15) is 8.78 Å². The topological polar surface area (TPSA) is 61.8 Å². The highest BCUT2D eigenvalue weighted by atomic mass is 19.2. The summed E-state index contributed by atoms with van der Waals surface area (Å²) in [5, 5.41) is 0. The number of ether oxygens (including phenoxy) is 3. The van der Waals surface area contributed by atoms with Crippen molar-refractivity contribution < 1.29 is 50.1 Å². The van der Waals surface area contributed by atoms with Crippen LogP contribution >= 0.6 is 0 Å². The Hall–Kier alpha value is -4.28. The Kier molecular flexibility index (Phi) is 6.49. The maximum Gasteiger partial charge on any atom is 0.352 e. The Morgan fingerprint density at radius 1 is 0.944 bits per heavy atom. The summed E-state index contributed by atoms with van der Waals surface area (Å²) >= 11 is 0. The van der Waals surface area contributed by atoms with E-state index in [9.17, 15) is 35.9 Å². The Morgan fingerprint density at radius 2 is 1.58 bits per heavy atom. The van der Waals surface area contributed by atoms with Crippen molar-refractivity contribution in [3.05, 3.63) is 93.8 Å². The second-order valence-corrected chi connectivity index (χ2v) is 7.64. The van der Waals surface area contributed by atoms with Crippen molar-refractivity contribution in [1.82, 2.24) is 0 Å². The molecule has 0 bridgehead atoms. The monoisotopic (exact) mass is 508 g/mol. The maximum absolute atomic E-state index is 13.8. The zero-order valence-corrected chi connectivity index (χ0v) is 18.4. The van der Waals surface area contributed by atoms with Crippen LogP contribution in [0, 0.1) is 41.8 Å². The molecule has 3 aromatic carbocycles. The van der Waals surface area contributed by atoms with E-state index in [-0.39, 0.29) is 28.4 Å². The van der Waals surface area contributed by atoms with Crippen LogP contribution in [0.25, 0.3) is 6.08 Å². The zero-order valence-electron chi connectivity index (χ0n) is 18.4. The number of rotatable bonds is 5. The Balaban J connectivity index is 1.54. The van der Waals surface area contributed by atoms with Gasteiger partial charge in [0, 0.05) is 5.56 Å². The molecule has 3 aromatic rings. The summed E-state index contributed by atoms with van der Waals surface area (Å²) in [4.78, 5) is 25.1. The van der Waals surface area contributed by atoms with Crippen molar-refractivity contribution in [2.75, 3.05) is 0 Å². The van der Waals surface area contributed by atoms with Crippen molar-refractivity contribution in [1.29, 1.82) is 0 Å². The first-order valence-electron chi connectivity index (χ1n) is 10.2. The number of Topliss-reactive ketones (excluding diaryl/α,β-unsaturated/α-hetero) is 1. The molecule has 1 unspecified atom stereocenters. The summed E-state index contributed by atoms with van der Waals surface area (Å²) < 4.78 is 96.5. The number of hydrogen-bond acceptors (Lipinski definition) is 5. The number of carbonyl (C=O) groups excluding carboxylic acids is 2.